The first-order chi connectivity index (χ1) is 19.3. The number of carbonyl (C=O) groups is 2. The summed E-state index contributed by atoms with van der Waals surface area (Å²) in [4.78, 5) is 27.1. The predicted octanol–water partition coefficient (Wildman–Crippen LogP) is 0.936. The number of carbonyl (C=O) groups excluding carboxylic acids is 2. The molecule has 0 aromatic heterocycles. The molecule has 6 rings (SSSR count). The predicted molar refractivity (Wildman–Crippen MR) is 163 cm³/mol. The Kier molecular flexibility index (Phi) is 9.73. The lowest BCUT2D eigenvalue weighted by Gasteiger charge is -2.64. The molecule has 1 heterocycles. The van der Waals surface area contributed by atoms with Crippen molar-refractivity contribution in [3.8, 4) is 0 Å². The molecular weight excluding hydrogens is 549 g/mol. The molecule has 4 fully saturated rings. The minimum atomic E-state index is -0.666. The zero-order valence-corrected chi connectivity index (χ0v) is 27.0. The molecule has 0 spiro atoms. The van der Waals surface area contributed by atoms with Gasteiger partial charge < -0.3 is 38.1 Å². The Morgan fingerprint density at radius 2 is 1.71 bits per heavy atom. The Balaban J connectivity index is 0.00000405. The molecule has 2 bridgehead atoms. The molecule has 2 aromatic rings. The van der Waals surface area contributed by atoms with Gasteiger partial charge in [0.15, 0.2) is 6.04 Å². The highest BCUT2D eigenvalue weighted by Gasteiger charge is 2.68. The Hall–Kier alpha value is -2.13. The number of hydrogen-bond acceptors (Lipinski definition) is 4. The first kappa shape index (κ1) is 32.8. The molecule has 230 valence electrons. The van der Waals surface area contributed by atoms with E-state index in [4.69, 9.17) is 9.31 Å². The molecule has 7 nitrogen and oxygen atoms in total. The van der Waals surface area contributed by atoms with Crippen LogP contribution in [0.15, 0.2) is 42.5 Å². The smallest absolute Gasteiger partial charge is 0.481 e. The summed E-state index contributed by atoms with van der Waals surface area (Å²) in [5.74, 6) is 0.443. The van der Waals surface area contributed by atoms with Gasteiger partial charge >= 0.3 is 7.12 Å². The third-order valence-electron chi connectivity index (χ3n) is 10.7. The van der Waals surface area contributed by atoms with Crippen molar-refractivity contribution in [2.45, 2.75) is 104 Å². The minimum Gasteiger partial charge on any atom is -1.00 e. The largest absolute Gasteiger partial charge is 1.00 e. The molecule has 2 amide bonds. The normalized spacial score (nSPS) is 28.6. The molecule has 3 aliphatic carbocycles. The van der Waals surface area contributed by atoms with Crippen LogP contribution >= 0.6 is 0 Å². The van der Waals surface area contributed by atoms with E-state index < -0.39 is 19.2 Å². The van der Waals surface area contributed by atoms with Crippen molar-refractivity contribution in [3.63, 3.8) is 0 Å². The molecule has 1 saturated heterocycles. The van der Waals surface area contributed by atoms with E-state index >= 15 is 0 Å². The van der Waals surface area contributed by atoms with E-state index in [0.29, 0.717) is 18.3 Å². The molecule has 8 atom stereocenters. The highest BCUT2D eigenvalue weighted by molar-refractivity contribution is 6.48. The molecule has 4 aliphatic rings. The lowest BCUT2D eigenvalue weighted by atomic mass is 9.43. The maximum absolute atomic E-state index is 13.8. The second-order valence-electron chi connectivity index (χ2n) is 14.1. The molecule has 3 saturated carbocycles. The molecule has 2 aromatic carbocycles. The Bertz CT molecular complexity index is 1290. The zero-order valence-electron chi connectivity index (χ0n) is 26.3. The summed E-state index contributed by atoms with van der Waals surface area (Å²) in [7, 11) is -0.508. The summed E-state index contributed by atoms with van der Waals surface area (Å²) >= 11 is 0. The van der Waals surface area contributed by atoms with Crippen LogP contribution in [-0.2, 0) is 25.3 Å². The second kappa shape index (κ2) is 12.5. The van der Waals surface area contributed by atoms with E-state index in [9.17, 15) is 9.59 Å². The van der Waals surface area contributed by atoms with Crippen LogP contribution in [0.1, 0.15) is 73.3 Å². The van der Waals surface area contributed by atoms with Crippen LogP contribution in [0.5, 0.6) is 0 Å². The first-order valence-corrected chi connectivity index (χ1v) is 15.6. The average molecular weight is 598 g/mol. The van der Waals surface area contributed by atoms with Crippen LogP contribution in [0.4, 0.5) is 0 Å². The monoisotopic (exact) mass is 597 g/mol. The fourth-order valence-corrected chi connectivity index (χ4v) is 7.57. The summed E-state index contributed by atoms with van der Waals surface area (Å²) in [6, 6.07) is 13.2. The number of amides is 2. The van der Waals surface area contributed by atoms with Gasteiger partial charge in [0.1, 0.15) is 6.04 Å². The van der Waals surface area contributed by atoms with E-state index in [1.807, 2.05) is 32.0 Å². The zero-order chi connectivity index (χ0) is 29.7. The van der Waals surface area contributed by atoms with Crippen molar-refractivity contribution >= 4 is 29.7 Å². The van der Waals surface area contributed by atoms with Gasteiger partial charge in [-0.3, -0.25) is 9.59 Å². The van der Waals surface area contributed by atoms with Gasteiger partial charge in [-0.05, 0) is 65.2 Å². The maximum Gasteiger partial charge on any atom is 0.481 e. The SMILES string of the molecule is CCC(C)[C@H](NC(=O)[C@H]([NH3+])Cc1ccc2ccccc2c1)C(=O)N[C@H](B1O[C@@H]2C[C@@H]3C[C@@H](C3(C)C)[C@]2(C)O1)C(C)C.[Cl-]. The molecule has 42 heavy (non-hydrogen) atoms. The number of nitrogens with one attached hydrogen (secondary N) is 2. The maximum atomic E-state index is 13.8. The molecule has 0 radical (unpaired) electrons. The van der Waals surface area contributed by atoms with Crippen molar-refractivity contribution in [2.24, 2.45) is 29.1 Å². The highest BCUT2D eigenvalue weighted by Crippen LogP contribution is 2.65. The van der Waals surface area contributed by atoms with E-state index in [2.05, 4.69) is 75.3 Å². The number of fused-ring (bicyclic) bond motifs is 1. The van der Waals surface area contributed by atoms with Crippen LogP contribution in [-0.4, -0.2) is 48.7 Å². The van der Waals surface area contributed by atoms with E-state index in [1.54, 1.807) is 0 Å². The van der Waals surface area contributed by atoms with Gasteiger partial charge in [0.2, 0.25) is 5.91 Å². The van der Waals surface area contributed by atoms with Crippen LogP contribution in [0.3, 0.4) is 0 Å². The van der Waals surface area contributed by atoms with Gasteiger partial charge in [-0.1, -0.05) is 90.4 Å². The van der Waals surface area contributed by atoms with E-state index in [0.717, 1.165) is 23.8 Å². The van der Waals surface area contributed by atoms with Crippen LogP contribution in [0, 0.1) is 29.1 Å². The van der Waals surface area contributed by atoms with Crippen molar-refractivity contribution in [2.75, 3.05) is 0 Å². The summed E-state index contributed by atoms with van der Waals surface area (Å²) in [6.45, 7) is 15.1. The molecule has 9 heteroatoms. The van der Waals surface area contributed by atoms with Gasteiger partial charge in [0.25, 0.3) is 5.91 Å². The summed E-state index contributed by atoms with van der Waals surface area (Å²) in [5, 5.41) is 8.59. The Labute approximate surface area is 258 Å². The minimum absolute atomic E-state index is 0. The van der Waals surface area contributed by atoms with Crippen molar-refractivity contribution in [1.82, 2.24) is 10.6 Å². The fourth-order valence-electron chi connectivity index (χ4n) is 7.57. The molecular formula is C33H49BClN3O4. The lowest BCUT2D eigenvalue weighted by Crippen LogP contribution is -3.00. The molecule has 5 N–H and O–H groups in total. The second-order valence-corrected chi connectivity index (χ2v) is 14.1. The van der Waals surface area contributed by atoms with E-state index in [1.165, 1.54) is 11.8 Å². The number of benzene rings is 2. The van der Waals surface area contributed by atoms with Crippen molar-refractivity contribution in [3.05, 3.63) is 48.0 Å². The lowest BCUT2D eigenvalue weighted by molar-refractivity contribution is -0.403. The number of quaternary nitrogens is 1. The van der Waals surface area contributed by atoms with Gasteiger partial charge in [-0.25, -0.2) is 0 Å². The van der Waals surface area contributed by atoms with Crippen molar-refractivity contribution in [1.29, 1.82) is 0 Å². The van der Waals surface area contributed by atoms with Crippen LogP contribution in [0.2, 0.25) is 0 Å². The first-order valence-electron chi connectivity index (χ1n) is 15.6. The van der Waals surface area contributed by atoms with Gasteiger partial charge in [0.05, 0.1) is 17.6 Å². The summed E-state index contributed by atoms with van der Waals surface area (Å²) in [5.41, 5.74) is 5.12. The van der Waals surface area contributed by atoms with Crippen LogP contribution in [0.25, 0.3) is 10.8 Å². The average Bonchev–Trinajstić information content (AvgIpc) is 3.30. The topological polar surface area (TPSA) is 104 Å². The number of rotatable bonds is 10. The highest BCUT2D eigenvalue weighted by atomic mass is 35.5. The third kappa shape index (κ3) is 5.97. The summed E-state index contributed by atoms with van der Waals surface area (Å²) < 4.78 is 13.2. The number of halogens is 1. The third-order valence-corrected chi connectivity index (χ3v) is 10.7. The van der Waals surface area contributed by atoms with Gasteiger partial charge in [0, 0.05) is 6.42 Å². The molecule has 1 aliphatic heterocycles. The molecule has 1 unspecified atom stereocenters. The Morgan fingerprint density at radius 1 is 1.02 bits per heavy atom. The fraction of sp³-hybridized carbons (Fsp3) is 0.636. The number of hydrogen-bond donors (Lipinski definition) is 3. The van der Waals surface area contributed by atoms with Gasteiger partial charge in [-0.15, -0.1) is 0 Å². The van der Waals surface area contributed by atoms with Gasteiger partial charge in [-0.2, -0.15) is 0 Å². The summed E-state index contributed by atoms with van der Waals surface area (Å²) in [6.07, 6.45) is 3.49. The van der Waals surface area contributed by atoms with Crippen molar-refractivity contribution < 1.29 is 37.0 Å². The standard InChI is InChI=1S/C33H48BN3O4.ClH/c1-8-20(4)28(36-30(38)25(35)16-21-13-14-22-11-9-10-12-23(22)15-21)31(39)37-29(19(2)3)34-40-27-18-24-17-26(32(24,5)6)33(27,7)41-34;/h9-15,19-20,24-29H,8,16-18,35H2,1-7H3,(H,36,38)(H,37,39);1H/t20?,24-,25+,26-,27+,28-,29-,33-;/m0./s1. The van der Waals surface area contributed by atoms with E-state index in [-0.39, 0.29) is 59.1 Å². The van der Waals surface area contributed by atoms with Crippen LogP contribution < -0.4 is 28.8 Å². The quantitative estimate of drug-likeness (QED) is 0.355. The Morgan fingerprint density at radius 3 is 2.36 bits per heavy atom.